The van der Waals surface area contributed by atoms with Gasteiger partial charge in [0.2, 0.25) is 15.9 Å². The van der Waals surface area contributed by atoms with E-state index in [-0.39, 0.29) is 22.8 Å². The highest BCUT2D eigenvalue weighted by atomic mass is 32.2. The third kappa shape index (κ3) is 4.87. The molecule has 0 aliphatic carbocycles. The van der Waals surface area contributed by atoms with Gasteiger partial charge >= 0.3 is 0 Å². The zero-order chi connectivity index (χ0) is 22.7. The number of amides is 1. The fourth-order valence-corrected chi connectivity index (χ4v) is 6.31. The molecule has 0 bridgehead atoms. The Morgan fingerprint density at radius 1 is 1.25 bits per heavy atom. The minimum absolute atomic E-state index is 0.0515. The molecule has 2 fully saturated rings. The van der Waals surface area contributed by atoms with Crippen molar-refractivity contribution < 1.29 is 22.5 Å². The number of carbonyl (C=O) groups is 1. The Hall–Kier alpha value is -2.30. The van der Waals surface area contributed by atoms with Crippen LogP contribution >= 0.6 is 0 Å². The molecule has 2 aromatic heterocycles. The molecule has 2 aromatic rings. The molecule has 9 nitrogen and oxygen atoms in total. The van der Waals surface area contributed by atoms with Crippen molar-refractivity contribution in [2.45, 2.75) is 57.1 Å². The van der Waals surface area contributed by atoms with E-state index >= 15 is 0 Å². The van der Waals surface area contributed by atoms with Crippen LogP contribution in [0.2, 0.25) is 0 Å². The van der Waals surface area contributed by atoms with Crippen molar-refractivity contribution in [3.8, 4) is 0 Å². The molecule has 2 aliphatic rings. The van der Waals surface area contributed by atoms with Gasteiger partial charge in [0.1, 0.15) is 10.6 Å². The summed E-state index contributed by atoms with van der Waals surface area (Å²) in [6.07, 6.45) is 6.46. The molecule has 1 atom stereocenters. The highest BCUT2D eigenvalue weighted by Crippen LogP contribution is 2.29. The van der Waals surface area contributed by atoms with Crippen molar-refractivity contribution in [3.63, 3.8) is 0 Å². The predicted molar refractivity (Wildman–Crippen MR) is 116 cm³/mol. The first-order chi connectivity index (χ1) is 15.4. The van der Waals surface area contributed by atoms with E-state index < -0.39 is 10.0 Å². The average Bonchev–Trinajstić information content (AvgIpc) is 3.43. The summed E-state index contributed by atoms with van der Waals surface area (Å²) in [6.45, 7) is 5.57. The first-order valence-electron chi connectivity index (χ1n) is 11.1. The second-order valence-electron chi connectivity index (χ2n) is 8.55. The topological polar surface area (TPSA) is 106 Å². The van der Waals surface area contributed by atoms with Gasteiger partial charge in [-0.2, -0.15) is 4.31 Å². The Kier molecular flexibility index (Phi) is 6.92. The van der Waals surface area contributed by atoms with E-state index in [2.05, 4.69) is 10.1 Å². The second-order valence-corrected chi connectivity index (χ2v) is 10.4. The smallest absolute Gasteiger partial charge is 0.248 e. The molecule has 0 radical (unpaired) electrons. The molecule has 0 saturated carbocycles. The molecule has 10 heteroatoms. The zero-order valence-corrected chi connectivity index (χ0v) is 19.4. The molecule has 1 amide bonds. The molecule has 2 aliphatic heterocycles. The molecule has 174 valence electrons. The summed E-state index contributed by atoms with van der Waals surface area (Å²) >= 11 is 0. The number of nitrogens with zero attached hydrogens (tertiary/aromatic N) is 4. The first-order valence-corrected chi connectivity index (χ1v) is 12.5. The molecule has 2 saturated heterocycles. The molecular weight excluding hydrogens is 432 g/mol. The lowest BCUT2D eigenvalue weighted by Gasteiger charge is -2.34. The van der Waals surface area contributed by atoms with E-state index in [1.54, 1.807) is 26.2 Å². The Morgan fingerprint density at radius 3 is 2.62 bits per heavy atom. The summed E-state index contributed by atoms with van der Waals surface area (Å²) in [5.74, 6) is 0.128. The fourth-order valence-electron chi connectivity index (χ4n) is 4.55. The highest BCUT2D eigenvalue weighted by Gasteiger charge is 2.37. The highest BCUT2D eigenvalue weighted by molar-refractivity contribution is 7.89. The number of sulfonamides is 1. The van der Waals surface area contributed by atoms with E-state index in [9.17, 15) is 13.2 Å². The quantitative estimate of drug-likeness (QED) is 0.621. The van der Waals surface area contributed by atoms with Gasteiger partial charge in [0.25, 0.3) is 0 Å². The van der Waals surface area contributed by atoms with Gasteiger partial charge in [0.15, 0.2) is 5.76 Å². The maximum absolute atomic E-state index is 13.4. The molecule has 0 N–H and O–H groups in total. The van der Waals surface area contributed by atoms with Crippen LogP contribution in [0.4, 0.5) is 0 Å². The molecular formula is C22H30N4O5S. The number of aryl methyl sites for hydroxylation is 2. The summed E-state index contributed by atoms with van der Waals surface area (Å²) in [7, 11) is -3.69. The standard InChI is InChI=1S/C22H30N4O5S/c1-16-21(17(2)31-24-16)32(28,29)26-10-7-19(8-11-26)22(27)25(15-20-6-4-12-30-20)14-18-5-3-9-23-13-18/h3,5,9,13,19-20H,4,6-8,10-12,14-15H2,1-2H3. The molecule has 0 aromatic carbocycles. The van der Waals surface area contributed by atoms with Crippen molar-refractivity contribution in [3.05, 3.63) is 41.5 Å². The normalized spacial score (nSPS) is 20.5. The van der Waals surface area contributed by atoms with Crippen LogP contribution in [0.25, 0.3) is 0 Å². The van der Waals surface area contributed by atoms with Crippen molar-refractivity contribution >= 4 is 15.9 Å². The summed E-state index contributed by atoms with van der Waals surface area (Å²) in [5.41, 5.74) is 1.33. The van der Waals surface area contributed by atoms with Crippen LogP contribution in [0.1, 0.15) is 42.7 Å². The van der Waals surface area contributed by atoms with Gasteiger partial charge < -0.3 is 14.2 Å². The number of ether oxygens (including phenoxy) is 1. The van der Waals surface area contributed by atoms with Crippen molar-refractivity contribution in [2.24, 2.45) is 5.92 Å². The number of rotatable bonds is 7. The molecule has 4 rings (SSSR count). The Bertz CT molecular complexity index is 1010. The van der Waals surface area contributed by atoms with Crippen molar-refractivity contribution in [1.82, 2.24) is 19.3 Å². The molecule has 4 heterocycles. The lowest BCUT2D eigenvalue weighted by atomic mass is 9.96. The summed E-state index contributed by atoms with van der Waals surface area (Å²) in [5, 5.41) is 3.77. The summed E-state index contributed by atoms with van der Waals surface area (Å²) in [6, 6.07) is 3.82. The maximum Gasteiger partial charge on any atom is 0.248 e. The Morgan fingerprint density at radius 2 is 2.03 bits per heavy atom. The predicted octanol–water partition coefficient (Wildman–Crippen LogP) is 2.29. The number of piperidine rings is 1. The number of aromatic nitrogens is 2. The van der Waals surface area contributed by atoms with Crippen LogP contribution in [0, 0.1) is 19.8 Å². The van der Waals surface area contributed by atoms with Gasteiger partial charge in [-0.05, 0) is 51.2 Å². The van der Waals surface area contributed by atoms with E-state index in [0.717, 1.165) is 25.0 Å². The minimum Gasteiger partial charge on any atom is -0.376 e. The van der Waals surface area contributed by atoms with E-state index in [0.29, 0.717) is 50.5 Å². The van der Waals surface area contributed by atoms with Crippen LogP contribution in [0.3, 0.4) is 0 Å². The number of hydrogen-bond acceptors (Lipinski definition) is 7. The molecule has 1 unspecified atom stereocenters. The Labute approximate surface area is 188 Å². The minimum atomic E-state index is -3.69. The summed E-state index contributed by atoms with van der Waals surface area (Å²) in [4.78, 5) is 19.6. The van der Waals surface area contributed by atoms with Gasteiger partial charge in [-0.3, -0.25) is 9.78 Å². The van der Waals surface area contributed by atoms with Crippen LogP contribution < -0.4 is 0 Å². The van der Waals surface area contributed by atoms with E-state index in [1.807, 2.05) is 17.0 Å². The second kappa shape index (κ2) is 9.68. The van der Waals surface area contributed by atoms with Gasteiger partial charge in [-0.15, -0.1) is 0 Å². The van der Waals surface area contributed by atoms with Gasteiger partial charge in [-0.1, -0.05) is 11.2 Å². The Balaban J connectivity index is 1.43. The SMILES string of the molecule is Cc1noc(C)c1S(=O)(=O)N1CCC(C(=O)N(Cc2cccnc2)CC2CCCO2)CC1. The van der Waals surface area contributed by atoms with Crippen molar-refractivity contribution in [2.75, 3.05) is 26.2 Å². The maximum atomic E-state index is 13.4. The van der Waals surface area contributed by atoms with Gasteiger partial charge in [0, 0.05) is 51.1 Å². The van der Waals surface area contributed by atoms with Crippen LogP contribution in [-0.4, -0.2) is 66.0 Å². The largest absolute Gasteiger partial charge is 0.376 e. The van der Waals surface area contributed by atoms with E-state index in [4.69, 9.17) is 9.26 Å². The first kappa shape index (κ1) is 22.9. The number of pyridine rings is 1. The van der Waals surface area contributed by atoms with Crippen LogP contribution in [-0.2, 0) is 26.1 Å². The molecule has 0 spiro atoms. The summed E-state index contributed by atoms with van der Waals surface area (Å²) < 4.78 is 38.4. The van der Waals surface area contributed by atoms with E-state index in [1.165, 1.54) is 4.31 Å². The monoisotopic (exact) mass is 462 g/mol. The third-order valence-corrected chi connectivity index (χ3v) is 8.37. The number of carbonyl (C=O) groups excluding carboxylic acids is 1. The number of hydrogen-bond donors (Lipinski definition) is 0. The molecule has 32 heavy (non-hydrogen) atoms. The zero-order valence-electron chi connectivity index (χ0n) is 18.6. The van der Waals surface area contributed by atoms with Crippen LogP contribution in [0.15, 0.2) is 33.9 Å². The third-order valence-electron chi connectivity index (χ3n) is 6.22. The van der Waals surface area contributed by atoms with Gasteiger partial charge in [-0.25, -0.2) is 8.42 Å². The lowest BCUT2D eigenvalue weighted by molar-refractivity contribution is -0.139. The van der Waals surface area contributed by atoms with Gasteiger partial charge in [0.05, 0.1) is 6.10 Å². The lowest BCUT2D eigenvalue weighted by Crippen LogP contribution is -2.46. The fraction of sp³-hybridized carbons (Fsp3) is 0.591. The van der Waals surface area contributed by atoms with Crippen molar-refractivity contribution in [1.29, 1.82) is 0 Å². The van der Waals surface area contributed by atoms with Crippen LogP contribution in [0.5, 0.6) is 0 Å². The average molecular weight is 463 g/mol.